The summed E-state index contributed by atoms with van der Waals surface area (Å²) in [5, 5.41) is 3.15. The highest BCUT2D eigenvalue weighted by atomic mass is 35.5. The second kappa shape index (κ2) is 11.9. The van der Waals surface area contributed by atoms with Crippen LogP contribution < -0.4 is 23.8 Å². The number of carbonyl (C=O) groups excluding carboxylic acids is 1. The van der Waals surface area contributed by atoms with E-state index in [2.05, 4.69) is 10.0 Å². The number of rotatable bonds is 10. The number of nitrogens with zero attached hydrogens (tertiary/aromatic N) is 1. The first-order chi connectivity index (χ1) is 20.0. The van der Waals surface area contributed by atoms with Gasteiger partial charge in [0.15, 0.2) is 6.61 Å². The fourth-order valence-corrected chi connectivity index (χ4v) is 7.04. The van der Waals surface area contributed by atoms with Gasteiger partial charge in [-0.3, -0.25) is 13.8 Å². The molecule has 1 amide bonds. The zero-order valence-electron chi connectivity index (χ0n) is 22.3. The molecule has 10 nitrogen and oxygen atoms in total. The number of fused-ring (bicyclic) bond motifs is 1. The van der Waals surface area contributed by atoms with Crippen LogP contribution in [-0.2, 0) is 31.3 Å². The van der Waals surface area contributed by atoms with Crippen LogP contribution in [0.3, 0.4) is 0 Å². The number of methoxy groups -OCH3 is 1. The summed E-state index contributed by atoms with van der Waals surface area (Å²) in [6, 6.07) is 23.2. The summed E-state index contributed by atoms with van der Waals surface area (Å²) in [4.78, 5) is 12.7. The highest BCUT2D eigenvalue weighted by molar-refractivity contribution is 7.93. The Balaban J connectivity index is 1.20. The summed E-state index contributed by atoms with van der Waals surface area (Å²) in [5.41, 5.74) is 2.09. The maximum Gasteiger partial charge on any atom is 0.264 e. The standard InChI is InChI=1S/C29H26ClN3O7S2/c1-39-25-4-2-3-23(17-25)32-41(35,36)26-13-9-24(10-14-26)40-19-29(34)31-22-8-5-20-15-16-33(28(20)18-22)42(37,38)27-11-6-21(30)7-12-27/h2-14,17-18,32H,15-16,19H2,1H3,(H,31,34). The van der Waals surface area contributed by atoms with Crippen molar-refractivity contribution in [2.24, 2.45) is 0 Å². The molecule has 0 saturated carbocycles. The van der Waals surface area contributed by atoms with Gasteiger partial charge in [-0.05, 0) is 84.8 Å². The number of hydrogen-bond acceptors (Lipinski definition) is 7. The highest BCUT2D eigenvalue weighted by Crippen LogP contribution is 2.35. The Bertz CT molecular complexity index is 1830. The number of ether oxygens (including phenoxy) is 2. The maximum atomic E-state index is 13.2. The fourth-order valence-electron chi connectivity index (χ4n) is 4.37. The summed E-state index contributed by atoms with van der Waals surface area (Å²) in [6.07, 6.45) is 0.542. The van der Waals surface area contributed by atoms with Crippen molar-refractivity contribution in [1.82, 2.24) is 0 Å². The molecule has 4 aromatic rings. The largest absolute Gasteiger partial charge is 0.497 e. The summed E-state index contributed by atoms with van der Waals surface area (Å²) in [5.74, 6) is 0.327. The van der Waals surface area contributed by atoms with E-state index in [0.29, 0.717) is 40.0 Å². The van der Waals surface area contributed by atoms with Crippen molar-refractivity contribution in [2.75, 3.05) is 34.6 Å². The monoisotopic (exact) mass is 627 g/mol. The van der Waals surface area contributed by atoms with Crippen LogP contribution in [0.15, 0.2) is 101 Å². The van der Waals surface area contributed by atoms with Gasteiger partial charge in [-0.2, -0.15) is 0 Å². The fraction of sp³-hybridized carbons (Fsp3) is 0.138. The molecule has 0 saturated heterocycles. The lowest BCUT2D eigenvalue weighted by Crippen LogP contribution is -2.29. The van der Waals surface area contributed by atoms with Gasteiger partial charge in [0, 0.05) is 23.3 Å². The van der Waals surface area contributed by atoms with E-state index in [-0.39, 0.29) is 22.9 Å². The zero-order chi connectivity index (χ0) is 29.9. The SMILES string of the molecule is COc1cccc(NS(=O)(=O)c2ccc(OCC(=O)Nc3ccc4c(c3)N(S(=O)(=O)c3ccc(Cl)cc3)CC4)cc2)c1. The first-order valence-corrected chi connectivity index (χ1v) is 16.0. The molecule has 0 fully saturated rings. The van der Waals surface area contributed by atoms with E-state index in [1.807, 2.05) is 0 Å². The predicted molar refractivity (Wildman–Crippen MR) is 160 cm³/mol. The first-order valence-electron chi connectivity index (χ1n) is 12.7. The van der Waals surface area contributed by atoms with Gasteiger partial charge < -0.3 is 14.8 Å². The molecule has 42 heavy (non-hydrogen) atoms. The van der Waals surface area contributed by atoms with Crippen LogP contribution in [0.25, 0.3) is 0 Å². The number of anilines is 3. The lowest BCUT2D eigenvalue weighted by molar-refractivity contribution is -0.118. The Morgan fingerprint density at radius 1 is 0.857 bits per heavy atom. The third-order valence-corrected chi connectivity index (χ3v) is 9.93. The van der Waals surface area contributed by atoms with Crippen LogP contribution in [0.1, 0.15) is 5.56 Å². The van der Waals surface area contributed by atoms with Gasteiger partial charge in [0.2, 0.25) is 0 Å². The minimum atomic E-state index is -3.86. The minimum Gasteiger partial charge on any atom is -0.497 e. The van der Waals surface area contributed by atoms with E-state index >= 15 is 0 Å². The van der Waals surface area contributed by atoms with Gasteiger partial charge in [-0.15, -0.1) is 0 Å². The third kappa shape index (κ3) is 6.46. The Kier molecular flexibility index (Phi) is 8.30. The predicted octanol–water partition coefficient (Wildman–Crippen LogP) is 4.92. The average Bonchev–Trinajstić information content (AvgIpc) is 3.41. The van der Waals surface area contributed by atoms with Crippen LogP contribution in [0, 0.1) is 0 Å². The minimum absolute atomic E-state index is 0.0124. The molecule has 1 aliphatic heterocycles. The van der Waals surface area contributed by atoms with Gasteiger partial charge >= 0.3 is 0 Å². The molecular weight excluding hydrogens is 602 g/mol. The molecule has 0 atom stereocenters. The highest BCUT2D eigenvalue weighted by Gasteiger charge is 2.31. The van der Waals surface area contributed by atoms with Gasteiger partial charge in [-0.25, -0.2) is 16.8 Å². The van der Waals surface area contributed by atoms with E-state index in [1.165, 1.54) is 59.9 Å². The molecule has 0 bridgehead atoms. The van der Waals surface area contributed by atoms with Crippen molar-refractivity contribution >= 4 is 54.6 Å². The molecule has 218 valence electrons. The molecule has 5 rings (SSSR count). The molecule has 2 N–H and O–H groups in total. The summed E-state index contributed by atoms with van der Waals surface area (Å²) in [7, 11) is -6.18. The lowest BCUT2D eigenvalue weighted by atomic mass is 10.1. The van der Waals surface area contributed by atoms with Gasteiger partial charge in [0.1, 0.15) is 11.5 Å². The zero-order valence-corrected chi connectivity index (χ0v) is 24.7. The van der Waals surface area contributed by atoms with E-state index in [9.17, 15) is 21.6 Å². The number of sulfonamides is 2. The molecule has 1 heterocycles. The normalized spacial score (nSPS) is 12.9. The first kappa shape index (κ1) is 29.2. The Hall–Kier alpha value is -4.26. The Morgan fingerprint density at radius 2 is 1.57 bits per heavy atom. The Labute approximate surface area is 248 Å². The molecule has 0 radical (unpaired) electrons. The van der Waals surface area contributed by atoms with Gasteiger partial charge in [-0.1, -0.05) is 23.7 Å². The number of hydrogen-bond donors (Lipinski definition) is 2. The van der Waals surface area contributed by atoms with E-state index in [1.54, 1.807) is 42.5 Å². The quantitative estimate of drug-likeness (QED) is 0.255. The van der Waals surface area contributed by atoms with Crippen molar-refractivity contribution < 1.29 is 31.1 Å². The molecule has 0 spiro atoms. The second-order valence-corrected chi connectivity index (χ2v) is 13.3. The van der Waals surface area contributed by atoms with Crippen LogP contribution in [0.2, 0.25) is 5.02 Å². The molecule has 1 aliphatic rings. The molecule has 13 heteroatoms. The third-order valence-electron chi connectivity index (χ3n) is 6.45. The number of amides is 1. The van der Waals surface area contributed by atoms with Crippen molar-refractivity contribution in [3.05, 3.63) is 102 Å². The number of halogens is 1. The molecular formula is C29H26ClN3O7S2. The number of benzene rings is 4. The van der Waals surface area contributed by atoms with Gasteiger partial charge in [0.05, 0.1) is 28.3 Å². The molecule has 0 aliphatic carbocycles. The molecule has 0 aromatic heterocycles. The Morgan fingerprint density at radius 3 is 2.29 bits per heavy atom. The van der Waals surface area contributed by atoms with Crippen molar-refractivity contribution in [2.45, 2.75) is 16.2 Å². The van der Waals surface area contributed by atoms with Crippen LogP contribution in [0.4, 0.5) is 17.1 Å². The van der Waals surface area contributed by atoms with Crippen LogP contribution in [-0.4, -0.2) is 43.0 Å². The lowest BCUT2D eigenvalue weighted by Gasteiger charge is -2.20. The van der Waals surface area contributed by atoms with Crippen molar-refractivity contribution in [3.8, 4) is 11.5 Å². The average molecular weight is 628 g/mol. The topological polar surface area (TPSA) is 131 Å². The summed E-state index contributed by atoms with van der Waals surface area (Å²) < 4.78 is 66.4. The van der Waals surface area contributed by atoms with Crippen molar-refractivity contribution in [1.29, 1.82) is 0 Å². The van der Waals surface area contributed by atoms with E-state index in [4.69, 9.17) is 21.1 Å². The van der Waals surface area contributed by atoms with Crippen LogP contribution in [0.5, 0.6) is 11.5 Å². The molecule has 4 aromatic carbocycles. The second-order valence-electron chi connectivity index (χ2n) is 9.27. The molecule has 0 unspecified atom stereocenters. The number of carbonyl (C=O) groups is 1. The maximum absolute atomic E-state index is 13.2. The van der Waals surface area contributed by atoms with E-state index < -0.39 is 26.0 Å². The van der Waals surface area contributed by atoms with Crippen LogP contribution >= 0.6 is 11.6 Å². The van der Waals surface area contributed by atoms with Gasteiger partial charge in [0.25, 0.3) is 26.0 Å². The van der Waals surface area contributed by atoms with Crippen molar-refractivity contribution in [3.63, 3.8) is 0 Å². The smallest absolute Gasteiger partial charge is 0.264 e. The summed E-state index contributed by atoms with van der Waals surface area (Å²) >= 11 is 5.91. The number of nitrogens with one attached hydrogen (secondary N) is 2. The van der Waals surface area contributed by atoms with E-state index in [0.717, 1.165) is 5.56 Å². The summed E-state index contributed by atoms with van der Waals surface area (Å²) in [6.45, 7) is -0.0698.